The van der Waals surface area contributed by atoms with Gasteiger partial charge in [-0.25, -0.2) is 4.79 Å². The summed E-state index contributed by atoms with van der Waals surface area (Å²) >= 11 is 0. The number of carbonyl (C=O) groups is 1. The number of carbonyl (C=O) groups excluding carboxylic acids is 1. The van der Waals surface area contributed by atoms with Crippen LogP contribution in [-0.2, 0) is 24.9 Å². The van der Waals surface area contributed by atoms with Crippen LogP contribution in [0.25, 0.3) is 0 Å². The van der Waals surface area contributed by atoms with Gasteiger partial charge >= 0.3 is 5.69 Å². The Morgan fingerprint density at radius 3 is 2.58 bits per heavy atom. The molecule has 2 rings (SSSR count). The lowest BCUT2D eigenvalue weighted by Gasteiger charge is -2.12. The molecule has 0 aliphatic heterocycles. The normalized spacial score (nSPS) is 10.1. The average molecular weight is 353 g/mol. The minimum Gasteiger partial charge on any atom is -0.324 e. The third-order valence-electron chi connectivity index (χ3n) is 3.43. The van der Waals surface area contributed by atoms with Crippen molar-refractivity contribution in [2.45, 2.75) is 20.0 Å². The second-order valence-electron chi connectivity index (χ2n) is 5.11. The molecule has 8 heteroatoms. The Bertz CT molecular complexity index is 813. The molecule has 2 aromatic rings. The van der Waals surface area contributed by atoms with Gasteiger partial charge in [0.05, 0.1) is 0 Å². The fraction of sp³-hybridized carbons (Fsp3) is 0.312. The summed E-state index contributed by atoms with van der Waals surface area (Å²) in [6.07, 6.45) is 1.33. The zero-order valence-electron chi connectivity index (χ0n) is 13.6. The molecular formula is C16H21ClN4O3. The number of hydrogen-bond acceptors (Lipinski definition) is 4. The molecule has 0 atom stereocenters. The van der Waals surface area contributed by atoms with Crippen molar-refractivity contribution >= 4 is 24.0 Å². The monoisotopic (exact) mass is 352 g/mol. The van der Waals surface area contributed by atoms with Gasteiger partial charge in [-0.15, -0.1) is 12.4 Å². The summed E-state index contributed by atoms with van der Waals surface area (Å²) in [4.78, 5) is 35.5. The molecule has 1 aromatic carbocycles. The molecule has 2 N–H and O–H groups in total. The molecule has 1 aromatic heterocycles. The fourth-order valence-electron chi connectivity index (χ4n) is 2.14. The number of nitrogens with one attached hydrogen (secondary N) is 2. The van der Waals surface area contributed by atoms with Crippen molar-refractivity contribution in [3.8, 4) is 0 Å². The number of aromatic nitrogens is 2. The van der Waals surface area contributed by atoms with Crippen molar-refractivity contribution in [3.63, 3.8) is 0 Å². The van der Waals surface area contributed by atoms with E-state index in [-0.39, 0.29) is 24.9 Å². The number of anilines is 1. The Morgan fingerprint density at radius 2 is 1.88 bits per heavy atom. The molecule has 0 aliphatic carbocycles. The van der Waals surface area contributed by atoms with Crippen LogP contribution in [0.4, 0.5) is 5.69 Å². The van der Waals surface area contributed by atoms with E-state index in [1.807, 2.05) is 31.2 Å². The molecule has 1 heterocycles. The Labute approximate surface area is 145 Å². The first-order chi connectivity index (χ1) is 11.0. The van der Waals surface area contributed by atoms with E-state index in [9.17, 15) is 14.4 Å². The summed E-state index contributed by atoms with van der Waals surface area (Å²) in [5.74, 6) is -0.324. The van der Waals surface area contributed by atoms with Crippen LogP contribution in [0.2, 0.25) is 0 Å². The van der Waals surface area contributed by atoms with Crippen molar-refractivity contribution in [2.75, 3.05) is 11.9 Å². The molecule has 0 unspecified atom stereocenters. The number of halogens is 1. The average Bonchev–Trinajstić information content (AvgIpc) is 2.54. The molecule has 0 bridgehead atoms. The number of nitrogens with zero attached hydrogens (tertiary/aromatic N) is 2. The van der Waals surface area contributed by atoms with Gasteiger partial charge < -0.3 is 10.6 Å². The van der Waals surface area contributed by atoms with Crippen molar-refractivity contribution < 1.29 is 4.79 Å². The summed E-state index contributed by atoms with van der Waals surface area (Å²) in [6, 6.07) is 8.74. The molecule has 7 nitrogen and oxygen atoms in total. The first kappa shape index (κ1) is 19.7. The van der Waals surface area contributed by atoms with Gasteiger partial charge in [0.25, 0.3) is 5.56 Å². The molecule has 0 spiro atoms. The molecule has 130 valence electrons. The van der Waals surface area contributed by atoms with Gasteiger partial charge in [0, 0.05) is 31.5 Å². The van der Waals surface area contributed by atoms with Crippen LogP contribution in [0.1, 0.15) is 12.5 Å². The second-order valence-corrected chi connectivity index (χ2v) is 5.11. The maximum absolute atomic E-state index is 12.2. The van der Waals surface area contributed by atoms with Gasteiger partial charge in [-0.05, 0) is 18.2 Å². The Morgan fingerprint density at radius 1 is 1.17 bits per heavy atom. The highest BCUT2D eigenvalue weighted by Crippen LogP contribution is 2.14. The van der Waals surface area contributed by atoms with Gasteiger partial charge in [0.1, 0.15) is 6.54 Å². The van der Waals surface area contributed by atoms with E-state index >= 15 is 0 Å². The highest BCUT2D eigenvalue weighted by Gasteiger charge is 2.09. The smallest absolute Gasteiger partial charge is 0.324 e. The highest BCUT2D eigenvalue weighted by molar-refractivity contribution is 5.91. The van der Waals surface area contributed by atoms with Crippen LogP contribution in [-0.4, -0.2) is 21.6 Å². The van der Waals surface area contributed by atoms with Crippen LogP contribution < -0.4 is 21.9 Å². The van der Waals surface area contributed by atoms with Crippen molar-refractivity contribution in [2.24, 2.45) is 7.05 Å². The second kappa shape index (κ2) is 9.05. The van der Waals surface area contributed by atoms with E-state index in [2.05, 4.69) is 10.6 Å². The van der Waals surface area contributed by atoms with Gasteiger partial charge in [-0.3, -0.25) is 18.7 Å². The third-order valence-corrected chi connectivity index (χ3v) is 3.43. The Kier molecular flexibility index (Phi) is 7.41. The van der Waals surface area contributed by atoms with E-state index in [0.717, 1.165) is 16.7 Å². The number of amides is 1. The quantitative estimate of drug-likeness (QED) is 0.802. The fourth-order valence-corrected chi connectivity index (χ4v) is 2.14. The predicted molar refractivity (Wildman–Crippen MR) is 95.6 cm³/mol. The molecule has 0 saturated heterocycles. The first-order valence-corrected chi connectivity index (χ1v) is 7.38. The minimum absolute atomic E-state index is 0. The van der Waals surface area contributed by atoms with E-state index in [1.54, 1.807) is 0 Å². The SMILES string of the molecule is CCNCc1ccccc1NC(=O)Cn1ccc(=O)n(C)c1=O.Cl. The van der Waals surface area contributed by atoms with E-state index < -0.39 is 11.2 Å². The topological polar surface area (TPSA) is 85.1 Å². The number of hydrogen-bond donors (Lipinski definition) is 2. The van der Waals surface area contributed by atoms with Crippen LogP contribution >= 0.6 is 12.4 Å². The number of rotatable bonds is 6. The molecule has 0 radical (unpaired) electrons. The largest absolute Gasteiger partial charge is 0.331 e. The van der Waals surface area contributed by atoms with Crippen molar-refractivity contribution in [1.82, 2.24) is 14.5 Å². The van der Waals surface area contributed by atoms with Crippen molar-refractivity contribution in [1.29, 1.82) is 0 Å². The Balaban J connectivity index is 0.00000288. The summed E-state index contributed by atoms with van der Waals surface area (Å²) in [5, 5.41) is 6.01. The van der Waals surface area contributed by atoms with Gasteiger partial charge in [-0.1, -0.05) is 25.1 Å². The van der Waals surface area contributed by atoms with Crippen LogP contribution in [0.15, 0.2) is 46.1 Å². The summed E-state index contributed by atoms with van der Waals surface area (Å²) in [5.41, 5.74) is 0.753. The maximum atomic E-state index is 12.2. The highest BCUT2D eigenvalue weighted by atomic mass is 35.5. The lowest BCUT2D eigenvalue weighted by molar-refractivity contribution is -0.116. The molecule has 1 amide bonds. The third kappa shape index (κ3) is 4.81. The number of para-hydroxylation sites is 1. The van der Waals surface area contributed by atoms with Crippen LogP contribution in [0.5, 0.6) is 0 Å². The zero-order valence-corrected chi connectivity index (χ0v) is 14.4. The predicted octanol–water partition coefficient (Wildman–Crippen LogP) is 0.717. The van der Waals surface area contributed by atoms with E-state index in [0.29, 0.717) is 12.2 Å². The van der Waals surface area contributed by atoms with E-state index in [1.165, 1.54) is 23.9 Å². The minimum atomic E-state index is -0.520. The molecule has 0 aliphatic rings. The van der Waals surface area contributed by atoms with Gasteiger partial charge in [0.15, 0.2) is 0 Å². The van der Waals surface area contributed by atoms with Crippen molar-refractivity contribution in [3.05, 3.63) is 62.9 Å². The van der Waals surface area contributed by atoms with Gasteiger partial charge in [0.2, 0.25) is 5.91 Å². The molecular weight excluding hydrogens is 332 g/mol. The Hall–Kier alpha value is -2.38. The lowest BCUT2D eigenvalue weighted by Crippen LogP contribution is -2.39. The lowest BCUT2D eigenvalue weighted by atomic mass is 10.1. The molecule has 24 heavy (non-hydrogen) atoms. The van der Waals surface area contributed by atoms with Gasteiger partial charge in [-0.2, -0.15) is 0 Å². The summed E-state index contributed by atoms with van der Waals surface area (Å²) in [7, 11) is 1.38. The standard InChI is InChI=1S/C16H20N4O3.ClH/c1-3-17-10-12-6-4-5-7-13(12)18-14(21)11-20-9-8-15(22)19(2)16(20)23;/h4-9,17H,3,10-11H2,1-2H3,(H,18,21);1H. The summed E-state index contributed by atoms with van der Waals surface area (Å²) < 4.78 is 2.16. The molecule has 0 fully saturated rings. The molecule has 0 saturated carbocycles. The van der Waals surface area contributed by atoms with Crippen LogP contribution in [0, 0.1) is 0 Å². The van der Waals surface area contributed by atoms with E-state index in [4.69, 9.17) is 0 Å². The maximum Gasteiger partial charge on any atom is 0.331 e. The van der Waals surface area contributed by atoms with Crippen LogP contribution in [0.3, 0.4) is 0 Å². The first-order valence-electron chi connectivity index (χ1n) is 7.38. The zero-order chi connectivity index (χ0) is 16.8. The summed E-state index contributed by atoms with van der Waals surface area (Å²) in [6.45, 7) is 3.33. The number of benzene rings is 1.